The largest absolute Gasteiger partial charge is 0.398 e. The van der Waals surface area contributed by atoms with Crippen LogP contribution in [0.1, 0.15) is 18.4 Å². The summed E-state index contributed by atoms with van der Waals surface area (Å²) in [6.07, 6.45) is -3.22. The first-order valence-corrected chi connectivity index (χ1v) is 7.55. The van der Waals surface area contributed by atoms with Crippen LogP contribution in [-0.2, 0) is 4.79 Å². The van der Waals surface area contributed by atoms with Gasteiger partial charge in [-0.1, -0.05) is 6.07 Å². The van der Waals surface area contributed by atoms with Crippen LogP contribution in [0.4, 0.5) is 18.9 Å². The molecule has 1 aromatic rings. The molecular formula is C14H20ClF3N2OS. The first-order chi connectivity index (χ1) is 9.81. The minimum atomic E-state index is -4.23. The molecule has 3 nitrogen and oxygen atoms in total. The monoisotopic (exact) mass is 356 g/mol. The number of benzene rings is 1. The Morgan fingerprint density at radius 1 is 1.32 bits per heavy atom. The van der Waals surface area contributed by atoms with Crippen molar-refractivity contribution in [2.45, 2.75) is 30.8 Å². The van der Waals surface area contributed by atoms with E-state index >= 15 is 0 Å². The summed E-state index contributed by atoms with van der Waals surface area (Å²) in [5.41, 5.74) is 1.33. The van der Waals surface area contributed by atoms with Gasteiger partial charge in [0.1, 0.15) is 0 Å². The number of aryl methyl sites for hydroxylation is 1. The van der Waals surface area contributed by atoms with Gasteiger partial charge < -0.3 is 10.6 Å². The second-order valence-corrected chi connectivity index (χ2v) is 5.68. The second kappa shape index (κ2) is 9.97. The third-order valence-corrected chi connectivity index (χ3v) is 3.77. The lowest BCUT2D eigenvalue weighted by Crippen LogP contribution is -2.16. The Hall–Kier alpha value is -0.920. The molecule has 8 heteroatoms. The van der Waals surface area contributed by atoms with Gasteiger partial charge in [0.25, 0.3) is 0 Å². The van der Waals surface area contributed by atoms with Crippen LogP contribution in [0, 0.1) is 6.92 Å². The van der Waals surface area contributed by atoms with Crippen LogP contribution in [0.2, 0.25) is 0 Å². The summed E-state index contributed by atoms with van der Waals surface area (Å²) in [6, 6.07) is 5.03. The molecule has 0 unspecified atom stereocenters. The van der Waals surface area contributed by atoms with Gasteiger partial charge in [-0.2, -0.15) is 13.2 Å². The Balaban J connectivity index is 0.00000441. The highest BCUT2D eigenvalue weighted by atomic mass is 35.5. The number of carbonyl (C=O) groups excluding carboxylic acids is 1. The van der Waals surface area contributed by atoms with Crippen LogP contribution in [0.5, 0.6) is 0 Å². The Morgan fingerprint density at radius 2 is 2.00 bits per heavy atom. The summed E-state index contributed by atoms with van der Waals surface area (Å²) in [4.78, 5) is 12.2. The van der Waals surface area contributed by atoms with Gasteiger partial charge in [0.15, 0.2) is 0 Å². The second-order valence-electron chi connectivity index (χ2n) is 4.66. The molecule has 0 aliphatic rings. The maximum Gasteiger partial charge on any atom is 0.398 e. The molecule has 1 aromatic carbocycles. The number of carbonyl (C=O) groups is 1. The topological polar surface area (TPSA) is 41.1 Å². The summed E-state index contributed by atoms with van der Waals surface area (Å²) >= 11 is 0.681. The third kappa shape index (κ3) is 8.51. The molecule has 22 heavy (non-hydrogen) atoms. The number of amides is 1. The average molecular weight is 357 g/mol. The van der Waals surface area contributed by atoms with E-state index in [2.05, 4.69) is 10.6 Å². The van der Waals surface area contributed by atoms with Crippen LogP contribution in [-0.4, -0.2) is 31.4 Å². The zero-order valence-corrected chi connectivity index (χ0v) is 14.1. The van der Waals surface area contributed by atoms with E-state index in [-0.39, 0.29) is 18.3 Å². The van der Waals surface area contributed by atoms with Gasteiger partial charge in [-0.3, -0.25) is 4.79 Å². The Kier molecular flexibility index (Phi) is 9.55. The number of alkyl halides is 3. The number of hydrogen-bond acceptors (Lipinski definition) is 3. The van der Waals surface area contributed by atoms with E-state index in [1.54, 1.807) is 25.2 Å². The predicted octanol–water partition coefficient (Wildman–Crippen LogP) is 4.01. The molecule has 0 bridgehead atoms. The number of thioether (sulfide) groups is 1. The Bertz CT molecular complexity index is 484. The van der Waals surface area contributed by atoms with E-state index < -0.39 is 11.9 Å². The molecular weight excluding hydrogens is 337 g/mol. The van der Waals surface area contributed by atoms with Crippen molar-refractivity contribution in [1.29, 1.82) is 0 Å². The fourth-order valence-corrected chi connectivity index (χ4v) is 2.41. The molecule has 2 N–H and O–H groups in total. The molecule has 1 rings (SSSR count). The fourth-order valence-electron chi connectivity index (χ4n) is 1.67. The molecule has 0 saturated heterocycles. The molecule has 0 spiro atoms. The van der Waals surface area contributed by atoms with Gasteiger partial charge in [0, 0.05) is 11.3 Å². The SMILES string of the molecule is CNCCCC(=O)Nc1cc(C)ccc1SCC(F)(F)F.Cl. The first kappa shape index (κ1) is 21.1. The predicted molar refractivity (Wildman–Crippen MR) is 87.0 cm³/mol. The van der Waals surface area contributed by atoms with Crippen LogP contribution >= 0.6 is 24.2 Å². The lowest BCUT2D eigenvalue weighted by Gasteiger charge is -2.13. The van der Waals surface area contributed by atoms with E-state index in [9.17, 15) is 18.0 Å². The number of rotatable bonds is 7. The van der Waals surface area contributed by atoms with Gasteiger partial charge in [0.2, 0.25) is 5.91 Å². The van der Waals surface area contributed by atoms with Crippen molar-refractivity contribution in [3.8, 4) is 0 Å². The fraction of sp³-hybridized carbons (Fsp3) is 0.500. The average Bonchev–Trinajstić information content (AvgIpc) is 2.37. The van der Waals surface area contributed by atoms with Crippen LogP contribution in [0.3, 0.4) is 0 Å². The highest BCUT2D eigenvalue weighted by Gasteiger charge is 2.27. The quantitative estimate of drug-likeness (QED) is 0.573. The molecule has 0 radical (unpaired) electrons. The number of hydrogen-bond donors (Lipinski definition) is 2. The lowest BCUT2D eigenvalue weighted by atomic mass is 10.2. The molecule has 0 aliphatic carbocycles. The van der Waals surface area contributed by atoms with Gasteiger partial charge in [-0.05, 0) is 44.6 Å². The number of anilines is 1. The van der Waals surface area contributed by atoms with Crippen molar-refractivity contribution in [2.24, 2.45) is 0 Å². The minimum absolute atomic E-state index is 0. The smallest absolute Gasteiger partial charge is 0.325 e. The van der Waals surface area contributed by atoms with Crippen molar-refractivity contribution in [3.05, 3.63) is 23.8 Å². The van der Waals surface area contributed by atoms with Crippen molar-refractivity contribution < 1.29 is 18.0 Å². The van der Waals surface area contributed by atoms with Crippen molar-refractivity contribution in [3.63, 3.8) is 0 Å². The third-order valence-electron chi connectivity index (χ3n) is 2.63. The first-order valence-electron chi connectivity index (χ1n) is 6.56. The minimum Gasteiger partial charge on any atom is -0.325 e. The molecule has 0 heterocycles. The summed E-state index contributed by atoms with van der Waals surface area (Å²) in [7, 11) is 1.80. The summed E-state index contributed by atoms with van der Waals surface area (Å²) < 4.78 is 36.9. The Labute approximate surface area is 138 Å². The van der Waals surface area contributed by atoms with Gasteiger partial charge >= 0.3 is 6.18 Å². The van der Waals surface area contributed by atoms with Gasteiger partial charge in [0.05, 0.1) is 11.4 Å². The molecule has 0 saturated carbocycles. The maximum absolute atomic E-state index is 12.3. The van der Waals surface area contributed by atoms with Crippen molar-refractivity contribution in [1.82, 2.24) is 5.32 Å². The molecule has 1 amide bonds. The van der Waals surface area contributed by atoms with E-state index in [1.807, 2.05) is 6.92 Å². The van der Waals surface area contributed by atoms with E-state index in [0.29, 0.717) is 35.2 Å². The number of halogens is 4. The zero-order valence-electron chi connectivity index (χ0n) is 12.4. The van der Waals surface area contributed by atoms with Crippen molar-refractivity contribution in [2.75, 3.05) is 24.7 Å². The normalized spacial score (nSPS) is 11.0. The maximum atomic E-state index is 12.3. The van der Waals surface area contributed by atoms with Gasteiger partial charge in [-0.15, -0.1) is 24.2 Å². The lowest BCUT2D eigenvalue weighted by molar-refractivity contribution is -0.116. The number of nitrogens with one attached hydrogen (secondary N) is 2. The van der Waals surface area contributed by atoms with Crippen LogP contribution in [0.25, 0.3) is 0 Å². The molecule has 126 valence electrons. The van der Waals surface area contributed by atoms with Crippen molar-refractivity contribution >= 4 is 35.8 Å². The highest BCUT2D eigenvalue weighted by Crippen LogP contribution is 2.32. The van der Waals surface area contributed by atoms with Crippen LogP contribution in [0.15, 0.2) is 23.1 Å². The molecule has 0 fully saturated rings. The zero-order chi connectivity index (χ0) is 15.9. The Morgan fingerprint density at radius 3 is 2.59 bits per heavy atom. The molecule has 0 atom stereocenters. The highest BCUT2D eigenvalue weighted by molar-refractivity contribution is 7.99. The van der Waals surface area contributed by atoms with E-state index in [1.165, 1.54) is 0 Å². The molecule has 0 aromatic heterocycles. The van der Waals surface area contributed by atoms with Crippen LogP contribution < -0.4 is 10.6 Å². The van der Waals surface area contributed by atoms with E-state index in [4.69, 9.17) is 0 Å². The summed E-state index contributed by atoms with van der Waals surface area (Å²) in [5, 5.41) is 5.63. The van der Waals surface area contributed by atoms with E-state index in [0.717, 1.165) is 12.1 Å². The summed E-state index contributed by atoms with van der Waals surface area (Å²) in [6.45, 7) is 2.55. The standard InChI is InChI=1S/C14H19F3N2OS.ClH/c1-10-5-6-12(21-9-14(15,16)17)11(8-10)19-13(20)4-3-7-18-2;/h5-6,8,18H,3-4,7,9H2,1-2H3,(H,19,20);1H. The molecule has 0 aliphatic heterocycles. The van der Waals surface area contributed by atoms with Gasteiger partial charge in [-0.25, -0.2) is 0 Å². The summed E-state index contributed by atoms with van der Waals surface area (Å²) in [5.74, 6) is -1.16.